The van der Waals surface area contributed by atoms with Crippen molar-refractivity contribution in [2.75, 3.05) is 32.7 Å². The van der Waals surface area contributed by atoms with Crippen LogP contribution in [-0.2, 0) is 6.42 Å². The van der Waals surface area contributed by atoms with Gasteiger partial charge in [0.2, 0.25) is 0 Å². The molecule has 1 fully saturated rings. The lowest BCUT2D eigenvalue weighted by molar-refractivity contribution is 0.296. The van der Waals surface area contributed by atoms with Crippen LogP contribution in [0.3, 0.4) is 0 Å². The van der Waals surface area contributed by atoms with Crippen molar-refractivity contribution < 1.29 is 0 Å². The van der Waals surface area contributed by atoms with Gasteiger partial charge in [0, 0.05) is 19.6 Å². The zero-order chi connectivity index (χ0) is 12.2. The molecule has 1 aliphatic rings. The summed E-state index contributed by atoms with van der Waals surface area (Å²) in [5.74, 6) is 0. The molecule has 1 aromatic carbocycles. The van der Waals surface area contributed by atoms with Gasteiger partial charge in [-0.1, -0.05) is 6.07 Å². The largest absolute Gasteiger partial charge is 0.315 e. The number of fused-ring (bicyclic) bond motifs is 1. The van der Waals surface area contributed by atoms with Crippen LogP contribution in [0.1, 0.15) is 12.0 Å². The van der Waals surface area contributed by atoms with Crippen molar-refractivity contribution >= 4 is 21.6 Å². The Kier molecular flexibility index (Phi) is 3.88. The van der Waals surface area contributed by atoms with Gasteiger partial charge in [0.05, 0.1) is 15.7 Å². The highest BCUT2D eigenvalue weighted by molar-refractivity contribution is 7.16. The minimum absolute atomic E-state index is 1.13. The maximum atomic E-state index is 4.38. The molecule has 1 aromatic heterocycles. The van der Waals surface area contributed by atoms with E-state index in [1.54, 1.807) is 11.3 Å². The van der Waals surface area contributed by atoms with Crippen molar-refractivity contribution in [3.05, 3.63) is 29.3 Å². The Hall–Kier alpha value is -0.970. The van der Waals surface area contributed by atoms with E-state index in [-0.39, 0.29) is 0 Å². The third-order valence-electron chi connectivity index (χ3n) is 3.54. The second-order valence-electron chi connectivity index (χ2n) is 4.85. The Morgan fingerprint density at radius 2 is 2.28 bits per heavy atom. The SMILES string of the molecule is c1nc2cc(CCN3CCCNCC3)ccc2s1. The third kappa shape index (κ3) is 2.88. The summed E-state index contributed by atoms with van der Waals surface area (Å²) >= 11 is 1.72. The lowest BCUT2D eigenvalue weighted by Gasteiger charge is -2.19. The summed E-state index contributed by atoms with van der Waals surface area (Å²) in [6, 6.07) is 6.69. The van der Waals surface area contributed by atoms with Gasteiger partial charge in [0.1, 0.15) is 0 Å². The molecule has 0 amide bonds. The normalized spacial score (nSPS) is 18.0. The zero-order valence-corrected chi connectivity index (χ0v) is 11.4. The molecule has 0 unspecified atom stereocenters. The first-order valence-electron chi connectivity index (χ1n) is 6.67. The first-order valence-corrected chi connectivity index (χ1v) is 7.55. The van der Waals surface area contributed by atoms with Gasteiger partial charge in [-0.25, -0.2) is 4.98 Å². The smallest absolute Gasteiger partial charge is 0.0814 e. The highest BCUT2D eigenvalue weighted by atomic mass is 32.1. The monoisotopic (exact) mass is 261 g/mol. The topological polar surface area (TPSA) is 28.2 Å². The van der Waals surface area contributed by atoms with Gasteiger partial charge in [-0.2, -0.15) is 0 Å². The van der Waals surface area contributed by atoms with Gasteiger partial charge in [0.15, 0.2) is 0 Å². The Balaban J connectivity index is 1.61. The van der Waals surface area contributed by atoms with E-state index in [0.29, 0.717) is 0 Å². The summed E-state index contributed by atoms with van der Waals surface area (Å²) in [5, 5.41) is 3.45. The molecular weight excluding hydrogens is 242 g/mol. The number of rotatable bonds is 3. The summed E-state index contributed by atoms with van der Waals surface area (Å²) < 4.78 is 1.29. The van der Waals surface area contributed by atoms with Crippen LogP contribution in [-0.4, -0.2) is 42.6 Å². The predicted octanol–water partition coefficient (Wildman–Crippen LogP) is 2.13. The fourth-order valence-electron chi connectivity index (χ4n) is 2.47. The maximum absolute atomic E-state index is 4.38. The van der Waals surface area contributed by atoms with Gasteiger partial charge < -0.3 is 10.2 Å². The molecule has 4 heteroatoms. The molecule has 3 nitrogen and oxygen atoms in total. The van der Waals surface area contributed by atoms with Crippen LogP contribution in [0.25, 0.3) is 10.2 Å². The van der Waals surface area contributed by atoms with Crippen molar-refractivity contribution in [1.82, 2.24) is 15.2 Å². The third-order valence-corrected chi connectivity index (χ3v) is 4.35. The summed E-state index contributed by atoms with van der Waals surface area (Å²) in [5.41, 5.74) is 4.48. The number of thiazole rings is 1. The van der Waals surface area contributed by atoms with Gasteiger partial charge >= 0.3 is 0 Å². The quantitative estimate of drug-likeness (QED) is 0.917. The lowest BCUT2D eigenvalue weighted by atomic mass is 10.1. The first kappa shape index (κ1) is 12.1. The first-order chi connectivity index (χ1) is 8.92. The molecule has 1 saturated heterocycles. The lowest BCUT2D eigenvalue weighted by Crippen LogP contribution is -2.30. The van der Waals surface area contributed by atoms with Crippen LogP contribution in [0.2, 0.25) is 0 Å². The van der Waals surface area contributed by atoms with Crippen LogP contribution < -0.4 is 5.32 Å². The van der Waals surface area contributed by atoms with E-state index < -0.39 is 0 Å². The molecule has 1 aliphatic heterocycles. The van der Waals surface area contributed by atoms with Crippen LogP contribution in [0.4, 0.5) is 0 Å². The molecule has 0 aliphatic carbocycles. The van der Waals surface area contributed by atoms with E-state index in [9.17, 15) is 0 Å². The molecule has 0 atom stereocenters. The molecular formula is C14H19N3S. The molecule has 96 valence electrons. The molecule has 0 saturated carbocycles. The minimum Gasteiger partial charge on any atom is -0.315 e. The Bertz CT molecular complexity index is 500. The molecule has 0 bridgehead atoms. The van der Waals surface area contributed by atoms with Gasteiger partial charge in [-0.3, -0.25) is 0 Å². The molecule has 2 aromatic rings. The van der Waals surface area contributed by atoms with Crippen LogP contribution in [0.5, 0.6) is 0 Å². The molecule has 0 spiro atoms. The van der Waals surface area contributed by atoms with Crippen molar-refractivity contribution in [3.63, 3.8) is 0 Å². The fourth-order valence-corrected chi connectivity index (χ4v) is 3.13. The van der Waals surface area contributed by atoms with E-state index >= 15 is 0 Å². The van der Waals surface area contributed by atoms with Crippen LogP contribution in [0.15, 0.2) is 23.7 Å². The average molecular weight is 261 g/mol. The predicted molar refractivity (Wildman–Crippen MR) is 77.3 cm³/mol. The van der Waals surface area contributed by atoms with Crippen LogP contribution in [0, 0.1) is 0 Å². The Labute approximate surface area is 112 Å². The number of hydrogen-bond acceptors (Lipinski definition) is 4. The van der Waals surface area contributed by atoms with E-state index in [2.05, 4.69) is 33.4 Å². The molecule has 1 N–H and O–H groups in total. The Morgan fingerprint density at radius 1 is 1.28 bits per heavy atom. The fraction of sp³-hybridized carbons (Fsp3) is 0.500. The standard InChI is InChI=1S/C14H19N3S/c1-5-15-6-9-17(7-1)8-4-12-2-3-14-13(10-12)16-11-18-14/h2-3,10-11,15H,1,4-9H2. The number of nitrogens with zero attached hydrogens (tertiary/aromatic N) is 2. The van der Waals surface area contributed by atoms with E-state index in [4.69, 9.17) is 0 Å². The minimum atomic E-state index is 1.13. The zero-order valence-electron chi connectivity index (χ0n) is 10.6. The number of nitrogens with one attached hydrogen (secondary N) is 1. The molecule has 18 heavy (non-hydrogen) atoms. The molecule has 0 radical (unpaired) electrons. The maximum Gasteiger partial charge on any atom is 0.0814 e. The molecule has 3 rings (SSSR count). The van der Waals surface area contributed by atoms with Gasteiger partial charge in [-0.05, 0) is 43.6 Å². The van der Waals surface area contributed by atoms with Gasteiger partial charge in [0.25, 0.3) is 0 Å². The van der Waals surface area contributed by atoms with Crippen molar-refractivity contribution in [2.24, 2.45) is 0 Å². The number of aromatic nitrogens is 1. The summed E-state index contributed by atoms with van der Waals surface area (Å²) in [6.45, 7) is 5.87. The van der Waals surface area contributed by atoms with E-state index in [1.807, 2.05) is 5.51 Å². The van der Waals surface area contributed by atoms with E-state index in [1.165, 1.54) is 36.3 Å². The van der Waals surface area contributed by atoms with E-state index in [0.717, 1.165) is 25.0 Å². The number of benzene rings is 1. The Morgan fingerprint density at radius 3 is 3.28 bits per heavy atom. The van der Waals surface area contributed by atoms with Crippen LogP contribution >= 0.6 is 11.3 Å². The summed E-state index contributed by atoms with van der Waals surface area (Å²) in [6.07, 6.45) is 2.40. The highest BCUT2D eigenvalue weighted by Crippen LogP contribution is 2.19. The second-order valence-corrected chi connectivity index (χ2v) is 5.74. The molecule has 2 heterocycles. The highest BCUT2D eigenvalue weighted by Gasteiger charge is 2.08. The summed E-state index contributed by atoms with van der Waals surface area (Å²) in [4.78, 5) is 6.94. The van der Waals surface area contributed by atoms with Gasteiger partial charge in [-0.15, -0.1) is 11.3 Å². The average Bonchev–Trinajstić information content (AvgIpc) is 2.70. The van der Waals surface area contributed by atoms with Crippen molar-refractivity contribution in [2.45, 2.75) is 12.8 Å². The van der Waals surface area contributed by atoms with Crippen molar-refractivity contribution in [3.8, 4) is 0 Å². The number of hydrogen-bond donors (Lipinski definition) is 1. The summed E-state index contributed by atoms with van der Waals surface area (Å²) in [7, 11) is 0. The van der Waals surface area contributed by atoms with Crippen molar-refractivity contribution in [1.29, 1.82) is 0 Å². The second kappa shape index (κ2) is 5.78.